The minimum absolute atomic E-state index is 0.689. The van der Waals surface area contributed by atoms with E-state index in [2.05, 4.69) is 33.5 Å². The van der Waals surface area contributed by atoms with Gasteiger partial charge >= 0.3 is 0 Å². The Morgan fingerprint density at radius 1 is 1.15 bits per heavy atom. The molecular formula is C21H24ClN3O. The molecule has 0 amide bonds. The van der Waals surface area contributed by atoms with Gasteiger partial charge in [0.05, 0.1) is 11.3 Å². The van der Waals surface area contributed by atoms with Crippen molar-refractivity contribution >= 4 is 22.9 Å². The molecule has 1 aliphatic heterocycles. The average molecular weight is 370 g/mol. The molecule has 0 aliphatic carbocycles. The van der Waals surface area contributed by atoms with Crippen LogP contribution in [0.25, 0.3) is 5.65 Å². The molecule has 1 fully saturated rings. The molecule has 0 radical (unpaired) electrons. The van der Waals surface area contributed by atoms with Crippen molar-refractivity contribution in [3.63, 3.8) is 0 Å². The van der Waals surface area contributed by atoms with Crippen molar-refractivity contribution in [2.75, 3.05) is 18.0 Å². The maximum Gasteiger partial charge on any atom is 0.157 e. The first-order valence-corrected chi connectivity index (χ1v) is 9.67. The van der Waals surface area contributed by atoms with Crippen LogP contribution in [0.5, 0.6) is 0 Å². The fraction of sp³-hybridized carbons (Fsp3) is 0.381. The number of aryl methyl sites for hydroxylation is 1. The molecule has 4 rings (SSSR count). The highest BCUT2D eigenvalue weighted by Gasteiger charge is 2.34. The molecule has 0 bridgehead atoms. The van der Waals surface area contributed by atoms with E-state index in [9.17, 15) is 5.11 Å². The smallest absolute Gasteiger partial charge is 0.157 e. The Balaban J connectivity index is 1.57. The molecule has 4 nitrogen and oxygen atoms in total. The zero-order valence-corrected chi connectivity index (χ0v) is 15.8. The van der Waals surface area contributed by atoms with Crippen LogP contribution >= 0.6 is 11.6 Å². The predicted molar refractivity (Wildman–Crippen MR) is 106 cm³/mol. The first-order chi connectivity index (χ1) is 12.6. The molecule has 1 aliphatic rings. The van der Waals surface area contributed by atoms with E-state index in [4.69, 9.17) is 11.6 Å². The Morgan fingerprint density at radius 2 is 1.88 bits per heavy atom. The minimum Gasteiger partial charge on any atom is -0.385 e. The summed E-state index contributed by atoms with van der Waals surface area (Å²) in [5.41, 5.74) is 3.25. The van der Waals surface area contributed by atoms with Crippen molar-refractivity contribution in [1.29, 1.82) is 0 Å². The van der Waals surface area contributed by atoms with Crippen molar-refractivity contribution in [1.82, 2.24) is 9.38 Å². The maximum atomic E-state index is 11.0. The molecule has 5 heteroatoms. The number of halogens is 1. The van der Waals surface area contributed by atoms with Crippen molar-refractivity contribution in [2.24, 2.45) is 0 Å². The number of aliphatic hydroxyl groups is 1. The Kier molecular flexibility index (Phi) is 4.63. The van der Waals surface area contributed by atoms with Gasteiger partial charge in [0.2, 0.25) is 0 Å². The van der Waals surface area contributed by atoms with Crippen LogP contribution < -0.4 is 4.90 Å². The highest BCUT2D eigenvalue weighted by molar-refractivity contribution is 6.36. The molecule has 2 aromatic heterocycles. The van der Waals surface area contributed by atoms with Crippen molar-refractivity contribution < 1.29 is 5.11 Å². The van der Waals surface area contributed by atoms with Gasteiger partial charge in [0.15, 0.2) is 5.65 Å². The highest BCUT2D eigenvalue weighted by Crippen LogP contribution is 2.37. The van der Waals surface area contributed by atoms with Crippen molar-refractivity contribution in [2.45, 2.75) is 38.2 Å². The third-order valence-electron chi connectivity index (χ3n) is 5.42. The molecule has 1 saturated heterocycles. The van der Waals surface area contributed by atoms with Crippen LogP contribution in [0.1, 0.15) is 37.4 Å². The molecule has 3 heterocycles. The number of imidazole rings is 1. The zero-order valence-electron chi connectivity index (χ0n) is 15.0. The molecule has 0 atom stereocenters. The summed E-state index contributed by atoms with van der Waals surface area (Å²) in [5.74, 6) is 0. The zero-order chi connectivity index (χ0) is 18.1. The fourth-order valence-electron chi connectivity index (χ4n) is 3.90. The monoisotopic (exact) mass is 369 g/mol. The predicted octanol–water partition coefficient (Wildman–Crippen LogP) is 4.43. The Labute approximate surface area is 159 Å². The number of benzene rings is 1. The van der Waals surface area contributed by atoms with Crippen LogP contribution in [0.3, 0.4) is 0 Å². The third-order valence-corrected chi connectivity index (χ3v) is 5.79. The molecule has 0 spiro atoms. The van der Waals surface area contributed by atoms with Gasteiger partial charge in [-0.2, -0.15) is 0 Å². The highest BCUT2D eigenvalue weighted by atomic mass is 35.5. The number of fused-ring (bicyclic) bond motifs is 1. The third kappa shape index (κ3) is 2.97. The number of pyridine rings is 1. The van der Waals surface area contributed by atoms with Crippen LogP contribution in [-0.4, -0.2) is 27.6 Å². The van der Waals surface area contributed by atoms with Gasteiger partial charge in [0, 0.05) is 31.2 Å². The molecule has 3 aromatic rings. The standard InChI is InChI=1S/C21H24ClN3O/c1-2-6-17-15-23-20-19(22)18(9-12-25(17)20)24-13-10-21(26,11-14-24)16-7-4-3-5-8-16/h3-5,7-9,12,15,26H,2,6,10-11,13-14H2,1H3. The molecule has 1 aromatic carbocycles. The lowest BCUT2D eigenvalue weighted by molar-refractivity contribution is 0.0118. The lowest BCUT2D eigenvalue weighted by atomic mass is 9.84. The van der Waals surface area contributed by atoms with Crippen molar-refractivity contribution in [3.8, 4) is 0 Å². The first kappa shape index (κ1) is 17.4. The number of hydrogen-bond acceptors (Lipinski definition) is 3. The maximum absolute atomic E-state index is 11.0. The Morgan fingerprint density at radius 3 is 2.58 bits per heavy atom. The van der Waals surface area contributed by atoms with Gasteiger partial charge in [-0.15, -0.1) is 0 Å². The van der Waals surface area contributed by atoms with E-state index >= 15 is 0 Å². The molecule has 26 heavy (non-hydrogen) atoms. The van der Waals surface area contributed by atoms with Gasteiger partial charge in [0.1, 0.15) is 5.02 Å². The lowest BCUT2D eigenvalue weighted by Gasteiger charge is -2.40. The van der Waals surface area contributed by atoms with Gasteiger partial charge in [-0.3, -0.25) is 0 Å². The van der Waals surface area contributed by atoms with Crippen LogP contribution in [0.4, 0.5) is 5.69 Å². The van der Waals surface area contributed by atoms with E-state index in [0.29, 0.717) is 17.9 Å². The SMILES string of the molecule is CCCc1cnc2c(Cl)c(N3CCC(O)(c4ccccc4)CC3)ccn12. The summed E-state index contributed by atoms with van der Waals surface area (Å²) in [5, 5.41) is 11.7. The van der Waals surface area contributed by atoms with E-state index < -0.39 is 5.60 Å². The topological polar surface area (TPSA) is 40.8 Å². The molecule has 0 saturated carbocycles. The largest absolute Gasteiger partial charge is 0.385 e. The van der Waals surface area contributed by atoms with Crippen LogP contribution in [0.2, 0.25) is 5.02 Å². The van der Waals surface area contributed by atoms with Gasteiger partial charge in [-0.1, -0.05) is 55.3 Å². The van der Waals surface area contributed by atoms with E-state index in [1.54, 1.807) is 0 Å². The summed E-state index contributed by atoms with van der Waals surface area (Å²) >= 11 is 6.69. The normalized spacial score (nSPS) is 17.0. The number of nitrogens with zero attached hydrogens (tertiary/aromatic N) is 3. The Bertz CT molecular complexity index is 898. The average Bonchev–Trinajstić information content (AvgIpc) is 3.08. The number of piperidine rings is 1. The van der Waals surface area contributed by atoms with E-state index in [-0.39, 0.29) is 0 Å². The second kappa shape index (κ2) is 6.93. The van der Waals surface area contributed by atoms with Gasteiger partial charge in [-0.05, 0) is 30.9 Å². The molecule has 0 unspecified atom stereocenters. The molecular weight excluding hydrogens is 346 g/mol. The molecule has 136 valence electrons. The fourth-order valence-corrected chi connectivity index (χ4v) is 4.22. The van der Waals surface area contributed by atoms with E-state index in [0.717, 1.165) is 42.8 Å². The summed E-state index contributed by atoms with van der Waals surface area (Å²) in [6, 6.07) is 12.0. The molecule has 1 N–H and O–H groups in total. The van der Waals surface area contributed by atoms with Gasteiger partial charge < -0.3 is 14.4 Å². The summed E-state index contributed by atoms with van der Waals surface area (Å²) < 4.78 is 2.08. The number of anilines is 1. The van der Waals surface area contributed by atoms with Gasteiger partial charge in [-0.25, -0.2) is 4.98 Å². The second-order valence-corrected chi connectivity index (χ2v) is 7.47. The number of rotatable bonds is 4. The summed E-state index contributed by atoms with van der Waals surface area (Å²) in [4.78, 5) is 6.78. The quantitative estimate of drug-likeness (QED) is 0.739. The summed E-state index contributed by atoms with van der Waals surface area (Å²) in [6.07, 6.45) is 7.43. The Hall–Kier alpha value is -2.04. The summed E-state index contributed by atoms with van der Waals surface area (Å²) in [7, 11) is 0. The van der Waals surface area contributed by atoms with E-state index in [1.165, 1.54) is 5.69 Å². The lowest BCUT2D eigenvalue weighted by Crippen LogP contribution is -2.42. The van der Waals surface area contributed by atoms with Gasteiger partial charge in [0.25, 0.3) is 0 Å². The van der Waals surface area contributed by atoms with Crippen LogP contribution in [-0.2, 0) is 12.0 Å². The van der Waals surface area contributed by atoms with Crippen LogP contribution in [0, 0.1) is 0 Å². The van der Waals surface area contributed by atoms with Crippen molar-refractivity contribution in [3.05, 3.63) is 65.1 Å². The minimum atomic E-state index is -0.754. The van der Waals surface area contributed by atoms with E-state index in [1.807, 2.05) is 36.5 Å². The van der Waals surface area contributed by atoms with Crippen LogP contribution in [0.15, 0.2) is 48.8 Å². The number of hydrogen-bond donors (Lipinski definition) is 1. The second-order valence-electron chi connectivity index (χ2n) is 7.09. The first-order valence-electron chi connectivity index (χ1n) is 9.30. The summed E-state index contributed by atoms with van der Waals surface area (Å²) in [6.45, 7) is 3.70. The number of aromatic nitrogens is 2.